The first-order valence-electron chi connectivity index (χ1n) is 7.11. The van der Waals surface area contributed by atoms with Crippen LogP contribution in [0.3, 0.4) is 0 Å². The van der Waals surface area contributed by atoms with Gasteiger partial charge in [-0.05, 0) is 0 Å². The molecule has 0 aromatic carbocycles. The Morgan fingerprint density at radius 3 is 2.67 bits per heavy atom. The van der Waals surface area contributed by atoms with Crippen molar-refractivity contribution in [3.8, 4) is 0 Å². The summed E-state index contributed by atoms with van der Waals surface area (Å²) in [7, 11) is -4.13. The number of nitrogens with zero attached hydrogens (tertiary/aromatic N) is 4. The number of aromatic nitrogens is 4. The van der Waals surface area contributed by atoms with Crippen molar-refractivity contribution in [2.45, 2.75) is 30.3 Å². The summed E-state index contributed by atoms with van der Waals surface area (Å²) in [5, 5.41) is 27.5. The highest BCUT2D eigenvalue weighted by atomic mass is 32.2. The molecule has 11 nitrogen and oxygen atoms in total. The van der Waals surface area contributed by atoms with Crippen LogP contribution < -0.4 is 5.73 Å². The van der Waals surface area contributed by atoms with Crippen molar-refractivity contribution in [3.63, 3.8) is 0 Å². The van der Waals surface area contributed by atoms with Gasteiger partial charge in [0.15, 0.2) is 11.5 Å². The van der Waals surface area contributed by atoms with E-state index in [9.17, 15) is 23.7 Å². The molecule has 0 spiro atoms. The lowest BCUT2D eigenvalue weighted by atomic mass is 10.1. The highest BCUT2D eigenvalue weighted by Gasteiger charge is 2.63. The van der Waals surface area contributed by atoms with Crippen LogP contribution in [0.1, 0.15) is 6.92 Å². The van der Waals surface area contributed by atoms with E-state index < -0.39 is 45.6 Å². The topological polar surface area (TPSA) is 174 Å². The minimum atomic E-state index is -4.13. The number of aliphatic hydroxyl groups is 3. The molecule has 2 aromatic rings. The summed E-state index contributed by atoms with van der Waals surface area (Å²) in [6.07, 6.45) is -2.57. The van der Waals surface area contributed by atoms with Gasteiger partial charge in [0.1, 0.15) is 36.5 Å². The summed E-state index contributed by atoms with van der Waals surface area (Å²) in [5.74, 6) is -0.371. The number of hydrogen-bond acceptors (Lipinski definition) is 10. The van der Waals surface area contributed by atoms with Gasteiger partial charge in [0, 0.05) is 0 Å². The van der Waals surface area contributed by atoms with E-state index in [1.54, 1.807) is 0 Å². The zero-order valence-electron chi connectivity index (χ0n) is 12.6. The summed E-state index contributed by atoms with van der Waals surface area (Å²) >= 11 is 0. The number of ether oxygens (including phenoxy) is 1. The molecule has 0 bridgehead atoms. The van der Waals surface area contributed by atoms with Gasteiger partial charge in [0.2, 0.25) is 9.84 Å². The number of nitrogens with two attached hydrogens (primary N) is 1. The van der Waals surface area contributed by atoms with Crippen molar-refractivity contribution in [2.24, 2.45) is 0 Å². The molecule has 3 rings (SSSR count). The monoisotopic (exact) mass is 359 g/mol. The first-order valence-corrected chi connectivity index (χ1v) is 8.76. The molecule has 24 heavy (non-hydrogen) atoms. The second-order valence-corrected chi connectivity index (χ2v) is 7.75. The van der Waals surface area contributed by atoms with Crippen molar-refractivity contribution in [3.05, 3.63) is 12.7 Å². The minimum absolute atomic E-state index is 0.0179. The smallest absolute Gasteiger partial charge is 0.281 e. The maximum absolute atomic E-state index is 12.8. The molecule has 0 aliphatic carbocycles. The number of hydrogen-bond donors (Lipinski definition) is 4. The van der Waals surface area contributed by atoms with Gasteiger partial charge < -0.3 is 25.8 Å². The van der Waals surface area contributed by atoms with Crippen LogP contribution in [0.4, 0.5) is 5.82 Å². The molecule has 4 atom stereocenters. The largest absolute Gasteiger partial charge is 0.394 e. The van der Waals surface area contributed by atoms with Crippen molar-refractivity contribution < 1.29 is 28.5 Å². The average Bonchev–Trinajstić information content (AvgIpc) is 3.10. The van der Waals surface area contributed by atoms with Crippen molar-refractivity contribution in [2.75, 3.05) is 18.1 Å². The van der Waals surface area contributed by atoms with Crippen molar-refractivity contribution in [1.82, 2.24) is 19.5 Å². The summed E-state index contributed by atoms with van der Waals surface area (Å²) in [5.41, 5.74) is 5.84. The molecule has 1 aliphatic heterocycles. The van der Waals surface area contributed by atoms with E-state index >= 15 is 0 Å². The van der Waals surface area contributed by atoms with E-state index in [0.29, 0.717) is 0 Å². The van der Waals surface area contributed by atoms with Crippen LogP contribution in [0, 0.1) is 0 Å². The Morgan fingerprint density at radius 1 is 1.38 bits per heavy atom. The third kappa shape index (κ3) is 2.04. The Kier molecular flexibility index (Phi) is 3.96. The number of anilines is 1. The normalized spacial score (nSPS) is 30.9. The molecule has 132 valence electrons. The molecule has 0 saturated carbocycles. The summed E-state index contributed by atoms with van der Waals surface area (Å²) in [4.78, 5) is 11.7. The van der Waals surface area contributed by atoms with E-state index in [4.69, 9.17) is 10.5 Å². The molecule has 0 amide bonds. The minimum Gasteiger partial charge on any atom is -0.394 e. The molecule has 1 saturated heterocycles. The van der Waals surface area contributed by atoms with Gasteiger partial charge in [-0.25, -0.2) is 23.4 Å². The second kappa shape index (κ2) is 5.60. The summed E-state index contributed by atoms with van der Waals surface area (Å²) < 4.78 is 32.0. The van der Waals surface area contributed by atoms with Crippen LogP contribution in [0.25, 0.3) is 11.2 Å². The Morgan fingerprint density at radius 2 is 2.08 bits per heavy atom. The first kappa shape index (κ1) is 17.0. The predicted molar refractivity (Wildman–Crippen MR) is 81.1 cm³/mol. The van der Waals surface area contributed by atoms with Crippen LogP contribution in [-0.4, -0.2) is 73.9 Å². The Hall–Kier alpha value is -1.86. The second-order valence-electron chi connectivity index (χ2n) is 5.35. The third-order valence-electron chi connectivity index (χ3n) is 4.10. The van der Waals surface area contributed by atoms with Gasteiger partial charge in [0.05, 0.1) is 12.4 Å². The Bertz CT molecular complexity index is 870. The molecular weight excluding hydrogens is 342 g/mol. The molecule has 12 heteroatoms. The highest BCUT2D eigenvalue weighted by Crippen LogP contribution is 2.42. The van der Waals surface area contributed by atoms with E-state index in [2.05, 4.69) is 15.0 Å². The molecule has 2 aromatic heterocycles. The lowest BCUT2D eigenvalue weighted by molar-refractivity contribution is -0.0841. The van der Waals surface area contributed by atoms with Crippen LogP contribution >= 0.6 is 0 Å². The van der Waals surface area contributed by atoms with Crippen LogP contribution in [0.5, 0.6) is 0 Å². The number of rotatable bonds is 4. The Labute approximate surface area is 136 Å². The van der Waals surface area contributed by atoms with Gasteiger partial charge in [-0.3, -0.25) is 4.57 Å². The SMILES string of the molecule is CCS(=O)(=O)[C@@]1(n2cnc3c(N)ncnc32)O[C@H](CO)[C@@H](O)[C@H]1O. The van der Waals surface area contributed by atoms with Gasteiger partial charge in [-0.1, -0.05) is 6.92 Å². The number of fused-ring (bicyclic) bond motifs is 1. The fourth-order valence-electron chi connectivity index (χ4n) is 2.81. The lowest BCUT2D eigenvalue weighted by Gasteiger charge is -2.32. The summed E-state index contributed by atoms with van der Waals surface area (Å²) in [6.45, 7) is 0.692. The van der Waals surface area contributed by atoms with E-state index in [1.807, 2.05) is 0 Å². The van der Waals surface area contributed by atoms with Crippen molar-refractivity contribution in [1.29, 1.82) is 0 Å². The van der Waals surface area contributed by atoms with E-state index in [-0.39, 0.29) is 17.0 Å². The van der Waals surface area contributed by atoms with Gasteiger partial charge in [-0.15, -0.1) is 0 Å². The van der Waals surface area contributed by atoms with Crippen LogP contribution in [0.2, 0.25) is 0 Å². The van der Waals surface area contributed by atoms with Gasteiger partial charge in [-0.2, -0.15) is 0 Å². The number of sulfone groups is 1. The molecule has 1 aliphatic rings. The average molecular weight is 359 g/mol. The van der Waals surface area contributed by atoms with Crippen LogP contribution in [0.15, 0.2) is 12.7 Å². The van der Waals surface area contributed by atoms with Crippen LogP contribution in [-0.2, 0) is 19.6 Å². The zero-order valence-corrected chi connectivity index (χ0v) is 13.5. The van der Waals surface area contributed by atoms with E-state index in [1.165, 1.54) is 6.92 Å². The fourth-order valence-corrected chi connectivity index (χ4v) is 4.44. The molecule has 0 unspecified atom stereocenters. The molecule has 1 fully saturated rings. The highest BCUT2D eigenvalue weighted by molar-refractivity contribution is 7.92. The number of nitrogen functional groups attached to an aromatic ring is 1. The summed E-state index contributed by atoms with van der Waals surface area (Å²) in [6, 6.07) is 0. The zero-order chi connectivity index (χ0) is 17.7. The number of aliphatic hydroxyl groups excluding tert-OH is 3. The molecular formula is C12H17N5O6S. The molecule has 5 N–H and O–H groups in total. The predicted octanol–water partition coefficient (Wildman–Crippen LogP) is -2.43. The Balaban J connectivity index is 2.33. The maximum atomic E-state index is 12.8. The van der Waals surface area contributed by atoms with E-state index in [0.717, 1.165) is 17.2 Å². The molecule has 3 heterocycles. The third-order valence-corrected chi connectivity index (χ3v) is 6.29. The standard InChI is InChI=1S/C12H17N5O6S/c1-2-24(21,22)12(9(20)8(19)6(3-18)23-12)17-5-16-7-10(13)14-4-15-11(7)17/h4-6,8-9,18-20H,2-3H2,1H3,(H2,13,14,15)/t6-,8-,9-,12+/m1/s1. The lowest BCUT2D eigenvalue weighted by Crippen LogP contribution is -2.52. The first-order chi connectivity index (χ1) is 11.3. The number of imidazole rings is 1. The van der Waals surface area contributed by atoms with Crippen molar-refractivity contribution >= 4 is 26.8 Å². The maximum Gasteiger partial charge on any atom is 0.281 e. The quantitative estimate of drug-likeness (QED) is 0.459. The fraction of sp³-hybridized carbons (Fsp3) is 0.583. The van der Waals surface area contributed by atoms with Gasteiger partial charge >= 0.3 is 0 Å². The van der Waals surface area contributed by atoms with Gasteiger partial charge in [0.25, 0.3) is 5.06 Å². The molecule has 0 radical (unpaired) electrons.